The molecule has 2 rings (SSSR count). The smallest absolute Gasteiger partial charge is 0.261 e. The van der Waals surface area contributed by atoms with Crippen LogP contribution in [0.2, 0.25) is 0 Å². The van der Waals surface area contributed by atoms with Crippen LogP contribution in [0.25, 0.3) is 0 Å². The summed E-state index contributed by atoms with van der Waals surface area (Å²) in [6, 6.07) is 11.1. The number of benzene rings is 2. The van der Waals surface area contributed by atoms with Gasteiger partial charge in [0.15, 0.2) is 0 Å². The third-order valence-electron chi connectivity index (χ3n) is 4.75. The number of hydrogen-bond acceptors (Lipinski definition) is 5. The summed E-state index contributed by atoms with van der Waals surface area (Å²) in [5.41, 5.74) is 1.75. The number of nitrogens with zero attached hydrogens (tertiary/aromatic N) is 1. The van der Waals surface area contributed by atoms with Crippen molar-refractivity contribution in [1.29, 1.82) is 0 Å². The standard InChI is InChI=1S/C20H29N3O4S2/c1-6-15(3)16-8-10-17(11-9-16)28(24,25)22-20-14-18(29(26,27)23(4)5)12-13-19(20)21-7-2/h8-15,21-22H,6-7H2,1-5H3/t15-/m1/s1. The van der Waals surface area contributed by atoms with Crippen LogP contribution in [-0.2, 0) is 20.0 Å². The van der Waals surface area contributed by atoms with Crippen molar-refractivity contribution in [2.24, 2.45) is 0 Å². The molecule has 2 aromatic rings. The maximum absolute atomic E-state index is 12.9. The molecular weight excluding hydrogens is 410 g/mol. The zero-order chi connectivity index (χ0) is 21.8. The van der Waals surface area contributed by atoms with Gasteiger partial charge < -0.3 is 5.32 Å². The Morgan fingerprint density at radius 2 is 1.48 bits per heavy atom. The van der Waals surface area contributed by atoms with Gasteiger partial charge in [0.2, 0.25) is 10.0 Å². The van der Waals surface area contributed by atoms with Crippen LogP contribution in [0.3, 0.4) is 0 Å². The minimum atomic E-state index is -3.88. The minimum absolute atomic E-state index is 0.00831. The molecular formula is C20H29N3O4S2. The summed E-state index contributed by atoms with van der Waals surface area (Å²) in [5, 5.41) is 3.05. The number of hydrogen-bond donors (Lipinski definition) is 2. The summed E-state index contributed by atoms with van der Waals surface area (Å²) in [6.07, 6.45) is 0.962. The van der Waals surface area contributed by atoms with Crippen LogP contribution < -0.4 is 10.0 Å². The van der Waals surface area contributed by atoms with Gasteiger partial charge in [-0.1, -0.05) is 26.0 Å². The van der Waals surface area contributed by atoms with Gasteiger partial charge in [-0.3, -0.25) is 4.72 Å². The molecule has 0 aliphatic carbocycles. The molecule has 0 radical (unpaired) electrons. The van der Waals surface area contributed by atoms with E-state index in [0.717, 1.165) is 16.3 Å². The first-order valence-electron chi connectivity index (χ1n) is 9.46. The Morgan fingerprint density at radius 1 is 0.897 bits per heavy atom. The highest BCUT2D eigenvalue weighted by Gasteiger charge is 2.22. The molecule has 0 aromatic heterocycles. The Hall–Kier alpha value is -2.10. The number of nitrogens with one attached hydrogen (secondary N) is 2. The van der Waals surface area contributed by atoms with Crippen molar-refractivity contribution < 1.29 is 16.8 Å². The topological polar surface area (TPSA) is 95.6 Å². The van der Waals surface area contributed by atoms with Crippen LogP contribution >= 0.6 is 0 Å². The molecule has 0 spiro atoms. The third-order valence-corrected chi connectivity index (χ3v) is 7.95. The molecule has 0 saturated carbocycles. The molecule has 0 bridgehead atoms. The van der Waals surface area contributed by atoms with Gasteiger partial charge >= 0.3 is 0 Å². The second-order valence-electron chi connectivity index (χ2n) is 7.01. The fourth-order valence-electron chi connectivity index (χ4n) is 2.74. The number of rotatable bonds is 9. The summed E-state index contributed by atoms with van der Waals surface area (Å²) < 4.78 is 54.3. The van der Waals surface area contributed by atoms with E-state index in [-0.39, 0.29) is 15.5 Å². The number of sulfonamides is 2. The molecule has 0 fully saturated rings. The second-order valence-corrected chi connectivity index (χ2v) is 10.8. The van der Waals surface area contributed by atoms with Gasteiger partial charge in [-0.15, -0.1) is 0 Å². The van der Waals surface area contributed by atoms with Crippen LogP contribution in [0.4, 0.5) is 11.4 Å². The Morgan fingerprint density at radius 3 is 2.00 bits per heavy atom. The van der Waals surface area contributed by atoms with E-state index in [2.05, 4.69) is 23.9 Å². The summed E-state index contributed by atoms with van der Waals surface area (Å²) >= 11 is 0. The predicted octanol–water partition coefficient (Wildman–Crippen LogP) is 3.68. The number of anilines is 2. The van der Waals surface area contributed by atoms with Crippen LogP contribution in [0.15, 0.2) is 52.3 Å². The van der Waals surface area contributed by atoms with Gasteiger partial charge in [-0.2, -0.15) is 0 Å². The highest BCUT2D eigenvalue weighted by molar-refractivity contribution is 7.92. The predicted molar refractivity (Wildman–Crippen MR) is 117 cm³/mol. The van der Waals surface area contributed by atoms with Crippen LogP contribution in [-0.4, -0.2) is 41.8 Å². The summed E-state index contributed by atoms with van der Waals surface area (Å²) in [6.45, 7) is 6.59. The van der Waals surface area contributed by atoms with Crippen molar-refractivity contribution >= 4 is 31.4 Å². The first-order valence-corrected chi connectivity index (χ1v) is 12.4. The molecule has 0 saturated heterocycles. The van der Waals surface area contributed by atoms with Gasteiger partial charge in [0.05, 0.1) is 21.2 Å². The minimum Gasteiger partial charge on any atom is -0.384 e. The molecule has 1 atom stereocenters. The Kier molecular flexibility index (Phi) is 7.31. The average molecular weight is 440 g/mol. The lowest BCUT2D eigenvalue weighted by Gasteiger charge is -2.17. The fourth-order valence-corrected chi connectivity index (χ4v) is 4.74. The molecule has 29 heavy (non-hydrogen) atoms. The zero-order valence-corrected chi connectivity index (χ0v) is 19.1. The average Bonchev–Trinajstić information content (AvgIpc) is 2.68. The molecule has 2 N–H and O–H groups in total. The van der Waals surface area contributed by atoms with E-state index in [1.807, 2.05) is 6.92 Å². The largest absolute Gasteiger partial charge is 0.384 e. The van der Waals surface area contributed by atoms with Crippen LogP contribution in [0.1, 0.15) is 38.7 Å². The van der Waals surface area contributed by atoms with Crippen molar-refractivity contribution in [3.63, 3.8) is 0 Å². The molecule has 7 nitrogen and oxygen atoms in total. The second kappa shape index (κ2) is 9.15. The van der Waals surface area contributed by atoms with Crippen molar-refractivity contribution in [3.8, 4) is 0 Å². The molecule has 0 heterocycles. The van der Waals surface area contributed by atoms with E-state index in [1.54, 1.807) is 30.3 Å². The Bertz CT molecular complexity index is 1050. The molecule has 160 valence electrons. The van der Waals surface area contributed by atoms with Gasteiger partial charge in [-0.05, 0) is 55.2 Å². The van der Waals surface area contributed by atoms with Crippen molar-refractivity contribution in [2.75, 3.05) is 30.7 Å². The fraction of sp³-hybridized carbons (Fsp3) is 0.400. The molecule has 0 unspecified atom stereocenters. The molecule has 2 aromatic carbocycles. The highest BCUT2D eigenvalue weighted by Crippen LogP contribution is 2.29. The lowest BCUT2D eigenvalue weighted by atomic mass is 9.99. The first-order chi connectivity index (χ1) is 13.5. The quantitative estimate of drug-likeness (QED) is 0.621. The van der Waals surface area contributed by atoms with Crippen molar-refractivity contribution in [3.05, 3.63) is 48.0 Å². The lowest BCUT2D eigenvalue weighted by Crippen LogP contribution is -2.22. The van der Waals surface area contributed by atoms with E-state index < -0.39 is 20.0 Å². The Balaban J connectivity index is 2.44. The van der Waals surface area contributed by atoms with Gasteiger partial charge in [-0.25, -0.2) is 21.1 Å². The maximum atomic E-state index is 12.9. The third kappa shape index (κ3) is 5.29. The highest BCUT2D eigenvalue weighted by atomic mass is 32.2. The summed E-state index contributed by atoms with van der Waals surface area (Å²) in [7, 11) is -4.73. The zero-order valence-electron chi connectivity index (χ0n) is 17.4. The van der Waals surface area contributed by atoms with E-state index in [0.29, 0.717) is 18.2 Å². The monoisotopic (exact) mass is 439 g/mol. The molecule has 0 aliphatic rings. The molecule has 0 amide bonds. The summed E-state index contributed by atoms with van der Waals surface area (Å²) in [4.78, 5) is 0.127. The van der Waals surface area contributed by atoms with Gasteiger partial charge in [0.1, 0.15) is 0 Å². The van der Waals surface area contributed by atoms with Crippen LogP contribution in [0.5, 0.6) is 0 Å². The SMILES string of the molecule is CCNc1ccc(S(=O)(=O)N(C)C)cc1NS(=O)(=O)c1ccc([C@H](C)CC)cc1. The lowest BCUT2D eigenvalue weighted by molar-refractivity contribution is 0.521. The maximum Gasteiger partial charge on any atom is 0.261 e. The van der Waals surface area contributed by atoms with E-state index >= 15 is 0 Å². The van der Waals surface area contributed by atoms with Crippen LogP contribution in [0, 0.1) is 0 Å². The van der Waals surface area contributed by atoms with E-state index in [1.165, 1.54) is 26.2 Å². The normalized spacial score (nSPS) is 13.3. The van der Waals surface area contributed by atoms with E-state index in [9.17, 15) is 16.8 Å². The molecule has 0 aliphatic heterocycles. The molecule has 9 heteroatoms. The van der Waals surface area contributed by atoms with Gasteiger partial charge in [0.25, 0.3) is 10.0 Å². The Labute approximate surface area is 174 Å². The summed E-state index contributed by atoms with van der Waals surface area (Å²) in [5.74, 6) is 0.341. The van der Waals surface area contributed by atoms with Crippen molar-refractivity contribution in [1.82, 2.24) is 4.31 Å². The first kappa shape index (κ1) is 23.2. The van der Waals surface area contributed by atoms with E-state index in [4.69, 9.17) is 0 Å². The van der Waals surface area contributed by atoms with Crippen molar-refractivity contribution in [2.45, 2.75) is 42.9 Å². The van der Waals surface area contributed by atoms with Gasteiger partial charge in [0, 0.05) is 20.6 Å².